The number of aromatic nitrogens is 1. The van der Waals surface area contributed by atoms with Crippen molar-refractivity contribution in [3.8, 4) is 5.69 Å². The van der Waals surface area contributed by atoms with Crippen molar-refractivity contribution < 1.29 is 4.42 Å². The van der Waals surface area contributed by atoms with Gasteiger partial charge in [0.2, 0.25) is 0 Å². The smallest absolute Gasteiger partial charge is 0.135 e. The fraction of sp³-hybridized carbons (Fsp3) is 0.167. The fourth-order valence-corrected chi connectivity index (χ4v) is 4.86. The number of halogens is 1. The minimum absolute atomic E-state index is 0.0507. The van der Waals surface area contributed by atoms with E-state index in [2.05, 4.69) is 108 Å². The Morgan fingerprint density at radius 2 is 1.37 bits per heavy atom. The van der Waals surface area contributed by atoms with Gasteiger partial charge in [0.1, 0.15) is 11.3 Å². The van der Waals surface area contributed by atoms with Crippen LogP contribution in [0.3, 0.4) is 0 Å². The molecule has 134 valence electrons. The summed E-state index contributed by atoms with van der Waals surface area (Å²) in [5.41, 5.74) is 4.44. The molecule has 0 atom stereocenters. The normalized spacial score (nSPS) is 12.4. The van der Waals surface area contributed by atoms with Gasteiger partial charge in [0.25, 0.3) is 0 Å². The molecule has 0 bridgehead atoms. The van der Waals surface area contributed by atoms with Crippen LogP contribution in [0.25, 0.3) is 38.5 Å². The Bertz CT molecular complexity index is 1260. The summed E-state index contributed by atoms with van der Waals surface area (Å²) >= 11 is 3.78. The third-order valence-corrected chi connectivity index (χ3v) is 5.92. The average molecular weight is 418 g/mol. The molecule has 0 aliphatic carbocycles. The summed E-state index contributed by atoms with van der Waals surface area (Å²) in [7, 11) is 0. The van der Waals surface area contributed by atoms with Gasteiger partial charge in [-0.2, -0.15) is 0 Å². The molecule has 3 heteroatoms. The molecule has 0 aliphatic rings. The molecule has 0 saturated heterocycles. The van der Waals surface area contributed by atoms with Crippen molar-refractivity contribution >= 4 is 48.7 Å². The van der Waals surface area contributed by atoms with Gasteiger partial charge in [0, 0.05) is 27.3 Å². The van der Waals surface area contributed by atoms with E-state index >= 15 is 0 Å². The molecule has 5 rings (SSSR count). The number of para-hydroxylation sites is 2. The third-order valence-electron chi connectivity index (χ3n) is 5.13. The van der Waals surface area contributed by atoms with Crippen molar-refractivity contribution in [2.75, 3.05) is 0 Å². The highest BCUT2D eigenvalue weighted by atomic mass is 79.9. The van der Waals surface area contributed by atoms with E-state index in [1.165, 1.54) is 21.8 Å². The molecule has 2 aromatic heterocycles. The Morgan fingerprint density at radius 1 is 0.778 bits per heavy atom. The summed E-state index contributed by atoms with van der Waals surface area (Å²) in [6.45, 7) is 6.51. The highest BCUT2D eigenvalue weighted by Crippen LogP contribution is 2.40. The number of furan rings is 1. The maximum atomic E-state index is 6.15. The molecule has 2 heterocycles. The van der Waals surface area contributed by atoms with Gasteiger partial charge in [-0.1, -0.05) is 57.2 Å². The van der Waals surface area contributed by atoms with Crippen LogP contribution >= 0.6 is 15.9 Å². The minimum atomic E-state index is -0.0507. The molecular weight excluding hydrogens is 398 g/mol. The van der Waals surface area contributed by atoms with E-state index in [0.717, 1.165) is 26.9 Å². The summed E-state index contributed by atoms with van der Waals surface area (Å²) in [4.78, 5) is 0. The topological polar surface area (TPSA) is 18.1 Å². The maximum absolute atomic E-state index is 6.15. The van der Waals surface area contributed by atoms with E-state index in [9.17, 15) is 0 Å². The maximum Gasteiger partial charge on any atom is 0.135 e. The first kappa shape index (κ1) is 16.6. The van der Waals surface area contributed by atoms with Gasteiger partial charge in [0.05, 0.1) is 15.5 Å². The molecule has 0 radical (unpaired) electrons. The molecule has 27 heavy (non-hydrogen) atoms. The monoisotopic (exact) mass is 417 g/mol. The first-order valence-corrected chi connectivity index (χ1v) is 9.95. The first-order chi connectivity index (χ1) is 12.9. The van der Waals surface area contributed by atoms with Crippen molar-refractivity contribution in [1.82, 2.24) is 4.57 Å². The third kappa shape index (κ3) is 2.45. The van der Waals surface area contributed by atoms with Crippen molar-refractivity contribution in [3.63, 3.8) is 0 Å². The van der Waals surface area contributed by atoms with Crippen LogP contribution in [0.2, 0.25) is 0 Å². The first-order valence-electron chi connectivity index (χ1n) is 9.16. The van der Waals surface area contributed by atoms with Crippen LogP contribution in [0.15, 0.2) is 75.6 Å². The van der Waals surface area contributed by atoms with Crippen LogP contribution in [0.1, 0.15) is 26.5 Å². The van der Waals surface area contributed by atoms with Crippen molar-refractivity contribution in [2.45, 2.75) is 26.2 Å². The van der Waals surface area contributed by atoms with Crippen LogP contribution < -0.4 is 0 Å². The van der Waals surface area contributed by atoms with Crippen LogP contribution in [-0.4, -0.2) is 4.57 Å². The molecule has 0 spiro atoms. The van der Waals surface area contributed by atoms with Crippen LogP contribution in [-0.2, 0) is 5.41 Å². The lowest BCUT2D eigenvalue weighted by molar-refractivity contribution is 0.427. The summed E-state index contributed by atoms with van der Waals surface area (Å²) in [6, 6.07) is 23.6. The van der Waals surface area contributed by atoms with Gasteiger partial charge < -0.3 is 8.98 Å². The van der Waals surface area contributed by atoms with Crippen molar-refractivity contribution in [1.29, 1.82) is 0 Å². The zero-order valence-electron chi connectivity index (χ0n) is 15.6. The largest absolute Gasteiger partial charge is 0.459 e. The Labute approximate surface area is 166 Å². The second-order valence-electron chi connectivity index (χ2n) is 8.05. The average Bonchev–Trinajstić information content (AvgIpc) is 3.17. The SMILES string of the molecule is CC(C)(C)c1oc2ccc(-n3c4ccccc4c4ccccc43)cc2c1Br. The van der Waals surface area contributed by atoms with Crippen molar-refractivity contribution in [2.24, 2.45) is 0 Å². The molecule has 5 aromatic rings. The van der Waals surface area contributed by atoms with Gasteiger partial charge in [-0.05, 0) is 46.3 Å². The molecule has 3 aromatic carbocycles. The van der Waals surface area contributed by atoms with Gasteiger partial charge in [-0.25, -0.2) is 0 Å². The second kappa shape index (κ2) is 5.74. The van der Waals surface area contributed by atoms with Gasteiger partial charge in [-0.3, -0.25) is 0 Å². The fourth-order valence-electron chi connectivity index (χ4n) is 3.88. The second-order valence-corrected chi connectivity index (χ2v) is 8.84. The predicted octanol–water partition coefficient (Wildman–Crippen LogP) is 7.59. The van der Waals surface area contributed by atoms with E-state index in [4.69, 9.17) is 4.42 Å². The van der Waals surface area contributed by atoms with E-state index in [1.807, 2.05) is 0 Å². The lowest BCUT2D eigenvalue weighted by Gasteiger charge is -2.15. The molecule has 0 aliphatic heterocycles. The van der Waals surface area contributed by atoms with E-state index in [1.54, 1.807) is 0 Å². The Hall–Kier alpha value is -2.52. The Balaban J connectivity index is 1.85. The highest BCUT2D eigenvalue weighted by molar-refractivity contribution is 9.10. The molecule has 0 N–H and O–H groups in total. The predicted molar refractivity (Wildman–Crippen MR) is 117 cm³/mol. The number of rotatable bonds is 1. The zero-order valence-corrected chi connectivity index (χ0v) is 17.2. The van der Waals surface area contributed by atoms with Crippen LogP contribution in [0, 0.1) is 0 Å². The van der Waals surface area contributed by atoms with Crippen LogP contribution in [0.5, 0.6) is 0 Å². The number of fused-ring (bicyclic) bond motifs is 4. The standard InChI is InChI=1S/C24H20BrNO/c1-24(2,3)23-22(25)18-14-15(12-13-21(18)27-23)26-19-10-6-4-8-16(19)17-9-5-7-11-20(17)26/h4-14H,1-3H3. The van der Waals surface area contributed by atoms with Crippen molar-refractivity contribution in [3.05, 3.63) is 77.0 Å². The van der Waals surface area contributed by atoms with E-state index in [0.29, 0.717) is 0 Å². The van der Waals surface area contributed by atoms with Crippen LogP contribution in [0.4, 0.5) is 0 Å². The molecule has 2 nitrogen and oxygen atoms in total. The van der Waals surface area contributed by atoms with Gasteiger partial charge >= 0.3 is 0 Å². The number of hydrogen-bond donors (Lipinski definition) is 0. The molecule has 0 saturated carbocycles. The van der Waals surface area contributed by atoms with E-state index < -0.39 is 0 Å². The summed E-state index contributed by atoms with van der Waals surface area (Å²) in [5.74, 6) is 0.983. The lowest BCUT2D eigenvalue weighted by atomic mass is 9.93. The summed E-state index contributed by atoms with van der Waals surface area (Å²) in [6.07, 6.45) is 0. The molecule has 0 amide bonds. The molecule has 0 fully saturated rings. The Morgan fingerprint density at radius 3 is 1.96 bits per heavy atom. The van der Waals surface area contributed by atoms with Gasteiger partial charge in [-0.15, -0.1) is 0 Å². The van der Waals surface area contributed by atoms with E-state index in [-0.39, 0.29) is 5.41 Å². The quantitative estimate of drug-likeness (QED) is 0.274. The zero-order chi connectivity index (χ0) is 18.8. The molecule has 0 unspecified atom stereocenters. The number of nitrogens with zero attached hydrogens (tertiary/aromatic N) is 1. The number of benzene rings is 3. The van der Waals surface area contributed by atoms with Gasteiger partial charge in [0.15, 0.2) is 0 Å². The summed E-state index contributed by atoms with van der Waals surface area (Å²) < 4.78 is 9.54. The molecular formula is C24H20BrNO. The minimum Gasteiger partial charge on any atom is -0.459 e. The summed E-state index contributed by atoms with van der Waals surface area (Å²) in [5, 5.41) is 3.66. The number of hydrogen-bond acceptors (Lipinski definition) is 1. The Kier molecular flexibility index (Phi) is 3.54. The lowest BCUT2D eigenvalue weighted by Crippen LogP contribution is -2.09. The highest BCUT2D eigenvalue weighted by Gasteiger charge is 2.24.